The van der Waals surface area contributed by atoms with Gasteiger partial charge in [-0.05, 0) is 49.6 Å². The molecule has 6 nitrogen and oxygen atoms in total. The summed E-state index contributed by atoms with van der Waals surface area (Å²) in [5.74, 6) is 0.499. The van der Waals surface area contributed by atoms with Gasteiger partial charge >= 0.3 is 6.18 Å². The third kappa shape index (κ3) is 4.07. The van der Waals surface area contributed by atoms with Crippen molar-refractivity contribution in [2.75, 3.05) is 44.8 Å². The van der Waals surface area contributed by atoms with Crippen molar-refractivity contribution in [1.82, 2.24) is 4.90 Å². The molecule has 2 aliphatic rings. The fraction of sp³-hybridized carbons (Fsp3) is 0.440. The number of nitrogens with zero attached hydrogens (tertiary/aromatic N) is 3. The molecule has 34 heavy (non-hydrogen) atoms. The summed E-state index contributed by atoms with van der Waals surface area (Å²) in [5.41, 5.74) is -0.413. The van der Waals surface area contributed by atoms with Gasteiger partial charge in [0.15, 0.2) is 0 Å². The summed E-state index contributed by atoms with van der Waals surface area (Å²) in [6, 6.07) is 10.6. The van der Waals surface area contributed by atoms with Crippen molar-refractivity contribution >= 4 is 11.6 Å². The standard InChI is InChI=1S/C25H26F3N3O3/c1-16-20(4-3-5-22(16)34-2)23(33)31-12-18-8-9-30(13-24(18,14-31)15-32)19-7-6-17(11-29)21(10-19)25(26,27)28/h3-7,10,18,32H,8-9,12-15H2,1-2H3/t18-,24+/m1/s1. The van der Waals surface area contributed by atoms with E-state index in [1.54, 1.807) is 36.3 Å². The van der Waals surface area contributed by atoms with Gasteiger partial charge in [-0.2, -0.15) is 18.4 Å². The molecule has 0 aromatic heterocycles. The van der Waals surface area contributed by atoms with Crippen LogP contribution in [0.15, 0.2) is 36.4 Å². The van der Waals surface area contributed by atoms with E-state index in [0.29, 0.717) is 49.6 Å². The van der Waals surface area contributed by atoms with Crippen LogP contribution in [0.5, 0.6) is 5.75 Å². The normalized spacial score (nSPS) is 22.3. The summed E-state index contributed by atoms with van der Waals surface area (Å²) in [5, 5.41) is 19.5. The van der Waals surface area contributed by atoms with Crippen LogP contribution < -0.4 is 9.64 Å². The number of benzene rings is 2. The molecule has 9 heteroatoms. The predicted octanol–water partition coefficient (Wildman–Crippen LogP) is 3.86. The highest BCUT2D eigenvalue weighted by molar-refractivity contribution is 5.96. The fourth-order valence-corrected chi connectivity index (χ4v) is 5.28. The number of methoxy groups -OCH3 is 1. The van der Waals surface area contributed by atoms with Crippen molar-refractivity contribution < 1.29 is 27.8 Å². The first-order valence-electron chi connectivity index (χ1n) is 11.0. The van der Waals surface area contributed by atoms with E-state index in [1.165, 1.54) is 12.1 Å². The topological polar surface area (TPSA) is 76.8 Å². The highest BCUT2D eigenvalue weighted by Gasteiger charge is 2.51. The minimum Gasteiger partial charge on any atom is -0.496 e. The molecule has 0 bridgehead atoms. The van der Waals surface area contributed by atoms with E-state index in [2.05, 4.69) is 0 Å². The van der Waals surface area contributed by atoms with Crippen LogP contribution in [0.1, 0.15) is 33.5 Å². The molecule has 1 amide bonds. The number of rotatable bonds is 4. The Balaban J connectivity index is 1.59. The average Bonchev–Trinajstić information content (AvgIpc) is 3.22. The number of anilines is 1. The maximum absolute atomic E-state index is 13.5. The molecular weight excluding hydrogens is 447 g/mol. The second kappa shape index (κ2) is 8.84. The Morgan fingerprint density at radius 1 is 1.29 bits per heavy atom. The van der Waals surface area contributed by atoms with E-state index in [4.69, 9.17) is 10.00 Å². The van der Waals surface area contributed by atoms with Gasteiger partial charge in [0, 0.05) is 48.4 Å². The lowest BCUT2D eigenvalue weighted by molar-refractivity contribution is -0.137. The number of carbonyl (C=O) groups is 1. The van der Waals surface area contributed by atoms with E-state index < -0.39 is 22.7 Å². The number of likely N-dealkylation sites (tertiary alicyclic amines) is 1. The van der Waals surface area contributed by atoms with Crippen LogP contribution in [0.25, 0.3) is 0 Å². The van der Waals surface area contributed by atoms with Gasteiger partial charge in [0.2, 0.25) is 0 Å². The Bertz CT molecular complexity index is 1140. The van der Waals surface area contributed by atoms with Gasteiger partial charge in [0.1, 0.15) is 5.75 Å². The molecule has 0 radical (unpaired) electrons. The van der Waals surface area contributed by atoms with Crippen LogP contribution >= 0.6 is 0 Å². The first-order chi connectivity index (χ1) is 16.1. The number of hydrogen-bond donors (Lipinski definition) is 1. The van der Waals surface area contributed by atoms with Crippen molar-refractivity contribution in [3.05, 3.63) is 58.7 Å². The van der Waals surface area contributed by atoms with E-state index in [1.807, 2.05) is 11.8 Å². The second-order valence-corrected chi connectivity index (χ2v) is 9.09. The molecule has 4 rings (SSSR count). The van der Waals surface area contributed by atoms with E-state index in [0.717, 1.165) is 11.6 Å². The lowest BCUT2D eigenvalue weighted by atomic mass is 9.74. The van der Waals surface area contributed by atoms with E-state index in [-0.39, 0.29) is 18.4 Å². The van der Waals surface area contributed by atoms with Crippen LogP contribution in [-0.4, -0.2) is 55.8 Å². The van der Waals surface area contributed by atoms with Gasteiger partial charge in [0.05, 0.1) is 30.9 Å². The molecule has 2 atom stereocenters. The predicted molar refractivity (Wildman–Crippen MR) is 120 cm³/mol. The van der Waals surface area contributed by atoms with Crippen LogP contribution in [0, 0.1) is 29.6 Å². The minimum absolute atomic E-state index is 0.0316. The zero-order chi connectivity index (χ0) is 24.7. The molecule has 2 saturated heterocycles. The Labute approximate surface area is 196 Å². The summed E-state index contributed by atoms with van der Waals surface area (Å²) < 4.78 is 45.7. The highest BCUT2D eigenvalue weighted by Crippen LogP contribution is 2.44. The smallest absolute Gasteiger partial charge is 0.417 e. The van der Waals surface area contributed by atoms with Gasteiger partial charge in [0.25, 0.3) is 5.91 Å². The zero-order valence-electron chi connectivity index (χ0n) is 19.0. The third-order valence-electron chi connectivity index (χ3n) is 7.20. The molecule has 2 aromatic rings. The summed E-state index contributed by atoms with van der Waals surface area (Å²) in [6.45, 7) is 3.24. The Morgan fingerprint density at radius 3 is 2.71 bits per heavy atom. The molecule has 1 N–H and O–H groups in total. The lowest BCUT2D eigenvalue weighted by Crippen LogP contribution is -2.51. The SMILES string of the molecule is COc1cccc(C(=O)N2C[C@H]3CCN(c4ccc(C#N)c(C(F)(F)F)c4)C[C@@]3(CO)C2)c1C. The van der Waals surface area contributed by atoms with Crippen molar-refractivity contribution in [3.8, 4) is 11.8 Å². The summed E-state index contributed by atoms with van der Waals surface area (Å²) >= 11 is 0. The first kappa shape index (κ1) is 23.9. The maximum Gasteiger partial charge on any atom is 0.417 e. The number of aliphatic hydroxyl groups excluding tert-OH is 1. The largest absolute Gasteiger partial charge is 0.496 e. The molecule has 2 heterocycles. The number of carbonyl (C=O) groups excluding carboxylic acids is 1. The lowest BCUT2D eigenvalue weighted by Gasteiger charge is -2.44. The third-order valence-corrected chi connectivity index (χ3v) is 7.20. The molecule has 0 saturated carbocycles. The number of ether oxygens (including phenoxy) is 1. The quantitative estimate of drug-likeness (QED) is 0.730. The Morgan fingerprint density at radius 2 is 2.06 bits per heavy atom. The van der Waals surface area contributed by atoms with Gasteiger partial charge in [-0.1, -0.05) is 6.07 Å². The van der Waals surface area contributed by atoms with Crippen LogP contribution in [-0.2, 0) is 6.18 Å². The minimum atomic E-state index is -4.64. The van der Waals surface area contributed by atoms with Crippen LogP contribution in [0.3, 0.4) is 0 Å². The number of hydrogen-bond acceptors (Lipinski definition) is 5. The number of piperidine rings is 1. The fourth-order valence-electron chi connectivity index (χ4n) is 5.28. The summed E-state index contributed by atoms with van der Waals surface area (Å²) in [4.78, 5) is 16.9. The monoisotopic (exact) mass is 473 g/mol. The molecule has 2 aromatic carbocycles. The van der Waals surface area contributed by atoms with Crippen molar-refractivity contribution in [1.29, 1.82) is 5.26 Å². The molecule has 0 spiro atoms. The van der Waals surface area contributed by atoms with Crippen LogP contribution in [0.4, 0.5) is 18.9 Å². The Hall–Kier alpha value is -3.25. The summed E-state index contributed by atoms with van der Waals surface area (Å²) in [7, 11) is 1.55. The maximum atomic E-state index is 13.5. The zero-order valence-corrected chi connectivity index (χ0v) is 19.0. The van der Waals surface area contributed by atoms with Gasteiger partial charge in [-0.3, -0.25) is 4.79 Å². The number of fused-ring (bicyclic) bond motifs is 1. The van der Waals surface area contributed by atoms with Gasteiger partial charge < -0.3 is 19.6 Å². The molecule has 2 aliphatic heterocycles. The molecule has 2 fully saturated rings. The van der Waals surface area contributed by atoms with Crippen molar-refractivity contribution in [2.45, 2.75) is 19.5 Å². The number of halogens is 3. The Kier molecular flexibility index (Phi) is 6.21. The average molecular weight is 473 g/mol. The molecule has 0 unspecified atom stereocenters. The number of amides is 1. The van der Waals surface area contributed by atoms with Crippen molar-refractivity contribution in [2.24, 2.45) is 11.3 Å². The number of aliphatic hydroxyl groups is 1. The first-order valence-corrected chi connectivity index (χ1v) is 11.0. The summed E-state index contributed by atoms with van der Waals surface area (Å²) in [6.07, 6.45) is -4.01. The van der Waals surface area contributed by atoms with E-state index in [9.17, 15) is 23.1 Å². The molecular formula is C25H26F3N3O3. The van der Waals surface area contributed by atoms with E-state index >= 15 is 0 Å². The van der Waals surface area contributed by atoms with Crippen molar-refractivity contribution in [3.63, 3.8) is 0 Å². The highest BCUT2D eigenvalue weighted by atomic mass is 19.4. The number of nitriles is 1. The van der Waals surface area contributed by atoms with Gasteiger partial charge in [-0.15, -0.1) is 0 Å². The van der Waals surface area contributed by atoms with Crippen LogP contribution in [0.2, 0.25) is 0 Å². The molecule has 0 aliphatic carbocycles. The molecule has 180 valence electrons. The number of alkyl halides is 3. The van der Waals surface area contributed by atoms with Gasteiger partial charge in [-0.25, -0.2) is 0 Å². The second-order valence-electron chi connectivity index (χ2n) is 9.09.